The average Bonchev–Trinajstić information content (AvgIpc) is 2.53. The zero-order valence-electron chi connectivity index (χ0n) is 11.9. The van der Waals surface area contributed by atoms with Gasteiger partial charge in [-0.25, -0.2) is 0 Å². The van der Waals surface area contributed by atoms with E-state index in [1.165, 1.54) is 30.4 Å². The Labute approximate surface area is 120 Å². The van der Waals surface area contributed by atoms with Gasteiger partial charge in [0.15, 0.2) is 0 Å². The molecule has 1 aliphatic rings. The molecule has 1 heterocycles. The van der Waals surface area contributed by atoms with Crippen molar-refractivity contribution in [1.82, 2.24) is 15.3 Å². The van der Waals surface area contributed by atoms with E-state index in [-0.39, 0.29) is 6.04 Å². The van der Waals surface area contributed by atoms with Crippen LogP contribution in [0, 0.1) is 0 Å². The standard InChI is InChI=1S/C17H21N3/c1-18-16(17-12-19-9-10-20-17)11-14-7-4-6-13-5-2-3-8-15(13)14/h2-3,5,8-10,12,14,16,18H,4,6-7,11H2,1H3. The van der Waals surface area contributed by atoms with Crippen LogP contribution >= 0.6 is 0 Å². The highest BCUT2D eigenvalue weighted by molar-refractivity contribution is 5.32. The SMILES string of the molecule is CNC(CC1CCCc2ccccc21)c1cnccn1. The van der Waals surface area contributed by atoms with E-state index in [0.29, 0.717) is 5.92 Å². The molecule has 1 aliphatic carbocycles. The average molecular weight is 267 g/mol. The minimum Gasteiger partial charge on any atom is -0.312 e. The molecule has 104 valence electrons. The Kier molecular flexibility index (Phi) is 4.07. The van der Waals surface area contributed by atoms with E-state index in [1.807, 2.05) is 13.2 Å². The number of nitrogens with zero attached hydrogens (tertiary/aromatic N) is 2. The molecular formula is C17H21N3. The Morgan fingerprint density at radius 2 is 2.20 bits per heavy atom. The molecule has 3 nitrogen and oxygen atoms in total. The molecule has 20 heavy (non-hydrogen) atoms. The lowest BCUT2D eigenvalue weighted by Gasteiger charge is -2.28. The fourth-order valence-electron chi connectivity index (χ4n) is 3.26. The number of aromatic nitrogens is 2. The van der Waals surface area contributed by atoms with Gasteiger partial charge in [0.25, 0.3) is 0 Å². The van der Waals surface area contributed by atoms with E-state index < -0.39 is 0 Å². The van der Waals surface area contributed by atoms with Crippen LogP contribution in [0.3, 0.4) is 0 Å². The predicted octanol–water partition coefficient (Wildman–Crippen LogP) is 3.25. The number of rotatable bonds is 4. The van der Waals surface area contributed by atoms with Crippen LogP contribution in [0.4, 0.5) is 0 Å². The highest BCUT2D eigenvalue weighted by atomic mass is 14.9. The molecule has 1 aromatic carbocycles. The molecule has 2 unspecified atom stereocenters. The van der Waals surface area contributed by atoms with Crippen LogP contribution in [-0.4, -0.2) is 17.0 Å². The van der Waals surface area contributed by atoms with E-state index in [1.54, 1.807) is 12.4 Å². The number of hydrogen-bond donors (Lipinski definition) is 1. The first-order valence-electron chi connectivity index (χ1n) is 7.39. The van der Waals surface area contributed by atoms with Gasteiger partial charge in [-0.05, 0) is 49.8 Å². The molecule has 2 atom stereocenters. The minimum absolute atomic E-state index is 0.278. The smallest absolute Gasteiger partial charge is 0.0756 e. The molecule has 0 bridgehead atoms. The maximum absolute atomic E-state index is 4.45. The topological polar surface area (TPSA) is 37.8 Å². The second-order valence-corrected chi connectivity index (χ2v) is 5.50. The molecule has 0 saturated carbocycles. The van der Waals surface area contributed by atoms with Crippen LogP contribution in [0.2, 0.25) is 0 Å². The lowest BCUT2D eigenvalue weighted by atomic mass is 9.79. The maximum Gasteiger partial charge on any atom is 0.0756 e. The number of aryl methyl sites for hydroxylation is 1. The Balaban J connectivity index is 1.81. The Morgan fingerprint density at radius 1 is 1.30 bits per heavy atom. The summed E-state index contributed by atoms with van der Waals surface area (Å²) in [6.45, 7) is 0. The molecular weight excluding hydrogens is 246 g/mol. The largest absolute Gasteiger partial charge is 0.312 e. The third-order valence-electron chi connectivity index (χ3n) is 4.30. The van der Waals surface area contributed by atoms with Gasteiger partial charge in [0, 0.05) is 18.6 Å². The zero-order chi connectivity index (χ0) is 13.8. The number of fused-ring (bicyclic) bond motifs is 1. The second kappa shape index (κ2) is 6.14. The normalized spacial score (nSPS) is 19.4. The number of hydrogen-bond acceptors (Lipinski definition) is 3. The fraction of sp³-hybridized carbons (Fsp3) is 0.412. The predicted molar refractivity (Wildman–Crippen MR) is 80.6 cm³/mol. The second-order valence-electron chi connectivity index (χ2n) is 5.50. The van der Waals surface area contributed by atoms with Crippen molar-refractivity contribution in [3.05, 3.63) is 59.7 Å². The van der Waals surface area contributed by atoms with Crippen LogP contribution in [-0.2, 0) is 6.42 Å². The summed E-state index contributed by atoms with van der Waals surface area (Å²) in [5.41, 5.74) is 4.10. The van der Waals surface area contributed by atoms with Crippen molar-refractivity contribution in [2.45, 2.75) is 37.6 Å². The zero-order valence-corrected chi connectivity index (χ0v) is 11.9. The van der Waals surface area contributed by atoms with Gasteiger partial charge < -0.3 is 5.32 Å². The summed E-state index contributed by atoms with van der Waals surface area (Å²) in [5.74, 6) is 0.624. The molecule has 0 spiro atoms. The summed E-state index contributed by atoms with van der Waals surface area (Å²) in [7, 11) is 2.01. The van der Waals surface area contributed by atoms with Gasteiger partial charge in [0.1, 0.15) is 0 Å². The Hall–Kier alpha value is -1.74. The van der Waals surface area contributed by atoms with Crippen LogP contribution in [0.1, 0.15) is 48.0 Å². The summed E-state index contributed by atoms with van der Waals surface area (Å²) in [6, 6.07) is 9.16. The van der Waals surface area contributed by atoms with Gasteiger partial charge in [-0.2, -0.15) is 0 Å². The van der Waals surface area contributed by atoms with Gasteiger partial charge in [-0.15, -0.1) is 0 Å². The van der Waals surface area contributed by atoms with Crippen LogP contribution in [0.25, 0.3) is 0 Å². The number of nitrogens with one attached hydrogen (secondary N) is 1. The molecule has 0 fully saturated rings. The first-order chi connectivity index (χ1) is 9.88. The van der Waals surface area contributed by atoms with E-state index in [4.69, 9.17) is 0 Å². The van der Waals surface area contributed by atoms with E-state index in [9.17, 15) is 0 Å². The van der Waals surface area contributed by atoms with Crippen LogP contribution in [0.5, 0.6) is 0 Å². The molecule has 3 rings (SSSR count). The lowest BCUT2D eigenvalue weighted by Crippen LogP contribution is -2.22. The van der Waals surface area contributed by atoms with Gasteiger partial charge in [0.2, 0.25) is 0 Å². The Morgan fingerprint density at radius 3 is 3.00 bits per heavy atom. The minimum atomic E-state index is 0.278. The molecule has 3 heteroatoms. The first kappa shape index (κ1) is 13.3. The van der Waals surface area contributed by atoms with Crippen molar-refractivity contribution < 1.29 is 0 Å². The van der Waals surface area contributed by atoms with Crippen molar-refractivity contribution in [3.8, 4) is 0 Å². The first-order valence-corrected chi connectivity index (χ1v) is 7.39. The van der Waals surface area contributed by atoms with E-state index >= 15 is 0 Å². The van der Waals surface area contributed by atoms with Crippen LogP contribution in [0.15, 0.2) is 42.9 Å². The maximum atomic E-state index is 4.45. The summed E-state index contributed by atoms with van der Waals surface area (Å²) >= 11 is 0. The quantitative estimate of drug-likeness (QED) is 0.924. The van der Waals surface area contributed by atoms with Crippen LogP contribution < -0.4 is 5.32 Å². The van der Waals surface area contributed by atoms with Crippen molar-refractivity contribution in [2.24, 2.45) is 0 Å². The van der Waals surface area contributed by atoms with E-state index in [2.05, 4.69) is 39.6 Å². The van der Waals surface area contributed by atoms with Gasteiger partial charge >= 0.3 is 0 Å². The van der Waals surface area contributed by atoms with E-state index in [0.717, 1.165) is 12.1 Å². The fourth-order valence-corrected chi connectivity index (χ4v) is 3.26. The van der Waals surface area contributed by atoms with Crippen molar-refractivity contribution in [1.29, 1.82) is 0 Å². The third kappa shape index (κ3) is 2.73. The number of benzene rings is 1. The molecule has 1 aromatic heterocycles. The van der Waals surface area contributed by atoms with Gasteiger partial charge in [-0.3, -0.25) is 9.97 Å². The summed E-state index contributed by atoms with van der Waals surface area (Å²) < 4.78 is 0. The van der Waals surface area contributed by atoms with Crippen molar-refractivity contribution in [3.63, 3.8) is 0 Å². The molecule has 0 radical (unpaired) electrons. The van der Waals surface area contributed by atoms with Crippen molar-refractivity contribution in [2.75, 3.05) is 7.05 Å². The molecule has 2 aromatic rings. The lowest BCUT2D eigenvalue weighted by molar-refractivity contribution is 0.433. The summed E-state index contributed by atoms with van der Waals surface area (Å²) in [6.07, 6.45) is 10.2. The highest BCUT2D eigenvalue weighted by Crippen LogP contribution is 2.37. The molecule has 0 saturated heterocycles. The summed E-state index contributed by atoms with van der Waals surface area (Å²) in [5, 5.41) is 3.39. The summed E-state index contributed by atoms with van der Waals surface area (Å²) in [4.78, 5) is 8.63. The monoisotopic (exact) mass is 267 g/mol. The van der Waals surface area contributed by atoms with Gasteiger partial charge in [0.05, 0.1) is 11.7 Å². The molecule has 0 amide bonds. The third-order valence-corrected chi connectivity index (χ3v) is 4.30. The molecule has 0 aliphatic heterocycles. The molecule has 1 N–H and O–H groups in total. The van der Waals surface area contributed by atoms with Gasteiger partial charge in [-0.1, -0.05) is 24.3 Å². The Bertz CT molecular complexity index is 553. The highest BCUT2D eigenvalue weighted by Gasteiger charge is 2.23. The van der Waals surface area contributed by atoms with Crippen molar-refractivity contribution >= 4 is 0 Å².